The van der Waals surface area contributed by atoms with Crippen LogP contribution in [0.2, 0.25) is 0 Å². The molecule has 0 aromatic heterocycles. The van der Waals surface area contributed by atoms with Crippen molar-refractivity contribution >= 4 is 11.6 Å². The number of anilines is 1. The molecular weight excluding hydrogens is 226 g/mol. The number of carbonyl (C=O) groups is 1. The molecule has 0 saturated carbocycles. The summed E-state index contributed by atoms with van der Waals surface area (Å²) in [5.41, 5.74) is 1.97. The standard InChI is InChI=1S/C12H14F2N2O/c1-16(7-11(13)14)12(17)10-6-8-4-2-3-5-9(8)15-10/h2-5,10-11,15H,6-7H2,1H3. The Hall–Kier alpha value is -1.65. The lowest BCUT2D eigenvalue weighted by atomic mass is 10.1. The summed E-state index contributed by atoms with van der Waals surface area (Å²) in [6, 6.07) is 7.17. The highest BCUT2D eigenvalue weighted by Gasteiger charge is 2.29. The number of fused-ring (bicyclic) bond motifs is 1. The number of amides is 1. The molecule has 1 aliphatic rings. The van der Waals surface area contributed by atoms with E-state index in [0.29, 0.717) is 6.42 Å². The Labute approximate surface area is 98.4 Å². The van der Waals surface area contributed by atoms with E-state index in [4.69, 9.17) is 0 Å². The molecule has 17 heavy (non-hydrogen) atoms. The van der Waals surface area contributed by atoms with Crippen molar-refractivity contribution in [3.05, 3.63) is 29.8 Å². The first-order valence-electron chi connectivity index (χ1n) is 5.45. The van der Waals surface area contributed by atoms with Crippen LogP contribution in [0.5, 0.6) is 0 Å². The first kappa shape index (κ1) is 11.8. The Kier molecular flexibility index (Phi) is 3.26. The molecule has 0 fully saturated rings. The molecule has 0 saturated heterocycles. The van der Waals surface area contributed by atoms with Crippen molar-refractivity contribution in [3.63, 3.8) is 0 Å². The highest BCUT2D eigenvalue weighted by Crippen LogP contribution is 2.25. The van der Waals surface area contributed by atoms with Gasteiger partial charge in [0, 0.05) is 19.2 Å². The number of likely N-dealkylation sites (N-methyl/N-ethyl adjacent to an activating group) is 1. The third-order valence-electron chi connectivity index (χ3n) is 2.86. The van der Waals surface area contributed by atoms with Gasteiger partial charge in [0.15, 0.2) is 0 Å². The maximum absolute atomic E-state index is 12.2. The zero-order valence-electron chi connectivity index (χ0n) is 9.49. The maximum atomic E-state index is 12.2. The third kappa shape index (κ3) is 2.54. The van der Waals surface area contributed by atoms with Crippen LogP contribution in [-0.4, -0.2) is 36.9 Å². The number of halogens is 2. The van der Waals surface area contributed by atoms with Crippen molar-refractivity contribution < 1.29 is 13.6 Å². The van der Waals surface area contributed by atoms with E-state index in [1.807, 2.05) is 24.3 Å². The first-order valence-corrected chi connectivity index (χ1v) is 5.45. The van der Waals surface area contributed by atoms with E-state index >= 15 is 0 Å². The van der Waals surface area contributed by atoms with E-state index in [1.165, 1.54) is 7.05 Å². The second-order valence-electron chi connectivity index (χ2n) is 4.17. The van der Waals surface area contributed by atoms with Crippen molar-refractivity contribution in [3.8, 4) is 0 Å². The van der Waals surface area contributed by atoms with Gasteiger partial charge >= 0.3 is 0 Å². The van der Waals surface area contributed by atoms with Crippen LogP contribution in [0.25, 0.3) is 0 Å². The minimum Gasteiger partial charge on any atom is -0.373 e. The van der Waals surface area contributed by atoms with Crippen LogP contribution in [0.15, 0.2) is 24.3 Å². The van der Waals surface area contributed by atoms with Gasteiger partial charge in [-0.25, -0.2) is 8.78 Å². The fourth-order valence-electron chi connectivity index (χ4n) is 2.01. The van der Waals surface area contributed by atoms with Gasteiger partial charge in [-0.05, 0) is 11.6 Å². The van der Waals surface area contributed by atoms with E-state index in [0.717, 1.165) is 16.2 Å². The maximum Gasteiger partial charge on any atom is 0.255 e. The summed E-state index contributed by atoms with van der Waals surface area (Å²) < 4.78 is 24.4. The molecule has 1 amide bonds. The zero-order chi connectivity index (χ0) is 12.4. The van der Waals surface area contributed by atoms with Gasteiger partial charge in [-0.1, -0.05) is 18.2 Å². The summed E-state index contributed by atoms with van der Waals surface area (Å²) in [5, 5.41) is 3.05. The quantitative estimate of drug-likeness (QED) is 0.873. The van der Waals surface area contributed by atoms with E-state index in [9.17, 15) is 13.6 Å². The van der Waals surface area contributed by atoms with Crippen molar-refractivity contribution in [1.82, 2.24) is 4.90 Å². The topological polar surface area (TPSA) is 32.3 Å². The number of nitrogens with one attached hydrogen (secondary N) is 1. The molecule has 0 bridgehead atoms. The predicted molar refractivity (Wildman–Crippen MR) is 61.2 cm³/mol. The van der Waals surface area contributed by atoms with Gasteiger partial charge in [0.05, 0.1) is 6.54 Å². The van der Waals surface area contributed by atoms with Crippen molar-refractivity contribution in [2.45, 2.75) is 18.9 Å². The molecule has 1 heterocycles. The van der Waals surface area contributed by atoms with Crippen LogP contribution in [0.3, 0.4) is 0 Å². The summed E-state index contributed by atoms with van der Waals surface area (Å²) in [6.45, 7) is -0.520. The number of para-hydroxylation sites is 1. The highest BCUT2D eigenvalue weighted by molar-refractivity contribution is 5.87. The molecule has 1 atom stereocenters. The largest absolute Gasteiger partial charge is 0.373 e. The van der Waals surface area contributed by atoms with Crippen LogP contribution in [0.4, 0.5) is 14.5 Å². The lowest BCUT2D eigenvalue weighted by Crippen LogP contribution is -2.41. The van der Waals surface area contributed by atoms with Crippen LogP contribution < -0.4 is 5.32 Å². The molecule has 1 N–H and O–H groups in total. The molecule has 0 spiro atoms. The fourth-order valence-corrected chi connectivity index (χ4v) is 2.01. The second kappa shape index (κ2) is 4.69. The number of alkyl halides is 2. The number of carbonyl (C=O) groups excluding carboxylic acids is 1. The highest BCUT2D eigenvalue weighted by atomic mass is 19.3. The average molecular weight is 240 g/mol. The summed E-state index contributed by atoms with van der Waals surface area (Å²) in [6.07, 6.45) is -1.93. The summed E-state index contributed by atoms with van der Waals surface area (Å²) in [7, 11) is 1.40. The van der Waals surface area contributed by atoms with Crippen LogP contribution >= 0.6 is 0 Å². The van der Waals surface area contributed by atoms with Gasteiger partial charge in [0.2, 0.25) is 5.91 Å². The first-order chi connectivity index (χ1) is 8.08. The molecule has 92 valence electrons. The van der Waals surface area contributed by atoms with Gasteiger partial charge in [0.25, 0.3) is 6.43 Å². The zero-order valence-corrected chi connectivity index (χ0v) is 9.49. The number of hydrogen-bond donors (Lipinski definition) is 1. The summed E-state index contributed by atoms with van der Waals surface area (Å²) >= 11 is 0. The van der Waals surface area contributed by atoms with Crippen LogP contribution in [-0.2, 0) is 11.2 Å². The normalized spacial score (nSPS) is 17.8. The molecule has 3 nitrogen and oxygen atoms in total. The Morgan fingerprint density at radius 3 is 2.88 bits per heavy atom. The minimum absolute atomic E-state index is 0.290. The van der Waals surface area contributed by atoms with Gasteiger partial charge in [-0.15, -0.1) is 0 Å². The minimum atomic E-state index is -2.49. The SMILES string of the molecule is CN(CC(F)F)C(=O)C1Cc2ccccc2N1. The fraction of sp³-hybridized carbons (Fsp3) is 0.417. The molecule has 1 aliphatic heterocycles. The Morgan fingerprint density at radius 1 is 1.53 bits per heavy atom. The van der Waals surface area contributed by atoms with Crippen molar-refractivity contribution in [2.24, 2.45) is 0 Å². The number of nitrogens with zero attached hydrogens (tertiary/aromatic N) is 1. The van der Waals surface area contributed by atoms with E-state index < -0.39 is 19.0 Å². The summed E-state index contributed by atoms with van der Waals surface area (Å²) in [5.74, 6) is -0.290. The number of hydrogen-bond acceptors (Lipinski definition) is 2. The average Bonchev–Trinajstić information content (AvgIpc) is 2.70. The predicted octanol–water partition coefficient (Wildman–Crippen LogP) is 1.75. The Bertz CT molecular complexity index is 398. The lowest BCUT2D eigenvalue weighted by molar-refractivity contribution is -0.132. The number of rotatable bonds is 3. The molecule has 0 radical (unpaired) electrons. The molecular formula is C12H14F2N2O. The Morgan fingerprint density at radius 2 is 2.24 bits per heavy atom. The monoisotopic (exact) mass is 240 g/mol. The van der Waals surface area contributed by atoms with Crippen LogP contribution in [0.1, 0.15) is 5.56 Å². The smallest absolute Gasteiger partial charge is 0.255 e. The van der Waals surface area contributed by atoms with Crippen molar-refractivity contribution in [1.29, 1.82) is 0 Å². The lowest BCUT2D eigenvalue weighted by Gasteiger charge is -2.20. The molecule has 1 aromatic carbocycles. The van der Waals surface area contributed by atoms with Gasteiger partial charge < -0.3 is 10.2 Å². The van der Waals surface area contributed by atoms with Crippen molar-refractivity contribution in [2.75, 3.05) is 18.9 Å². The molecule has 1 unspecified atom stereocenters. The van der Waals surface area contributed by atoms with E-state index in [1.54, 1.807) is 0 Å². The van der Waals surface area contributed by atoms with Gasteiger partial charge in [-0.3, -0.25) is 4.79 Å². The molecule has 0 aliphatic carbocycles. The van der Waals surface area contributed by atoms with E-state index in [2.05, 4.69) is 5.32 Å². The van der Waals surface area contributed by atoms with Gasteiger partial charge in [0.1, 0.15) is 6.04 Å². The van der Waals surface area contributed by atoms with E-state index in [-0.39, 0.29) is 5.91 Å². The summed E-state index contributed by atoms with van der Waals surface area (Å²) in [4.78, 5) is 13.0. The van der Waals surface area contributed by atoms with Crippen LogP contribution in [0, 0.1) is 0 Å². The molecule has 5 heteroatoms. The molecule has 1 aromatic rings. The molecule has 2 rings (SSSR count). The second-order valence-corrected chi connectivity index (χ2v) is 4.17. The Balaban J connectivity index is 2.01. The van der Waals surface area contributed by atoms with Gasteiger partial charge in [-0.2, -0.15) is 0 Å². The third-order valence-corrected chi connectivity index (χ3v) is 2.86. The number of benzene rings is 1.